The number of hydrogen-bond acceptors (Lipinski definition) is 5. The van der Waals surface area contributed by atoms with Crippen LogP contribution in [-0.4, -0.2) is 48.1 Å². The number of ether oxygens (including phenoxy) is 1. The Bertz CT molecular complexity index is 1030. The summed E-state index contributed by atoms with van der Waals surface area (Å²) in [6.07, 6.45) is 3.78. The molecule has 31 heavy (non-hydrogen) atoms. The van der Waals surface area contributed by atoms with Crippen molar-refractivity contribution in [2.45, 2.75) is 70.6 Å². The van der Waals surface area contributed by atoms with Crippen molar-refractivity contribution in [2.75, 3.05) is 19.7 Å². The summed E-state index contributed by atoms with van der Waals surface area (Å²) >= 11 is 0. The van der Waals surface area contributed by atoms with Crippen molar-refractivity contribution in [3.8, 4) is 5.75 Å². The summed E-state index contributed by atoms with van der Waals surface area (Å²) in [5.74, 6) is 0.179. The van der Waals surface area contributed by atoms with Crippen LogP contribution in [0.1, 0.15) is 68.2 Å². The van der Waals surface area contributed by atoms with Gasteiger partial charge in [-0.25, -0.2) is 13.1 Å². The molecule has 0 bridgehead atoms. The number of hydrogen-bond donors (Lipinski definition) is 0. The fourth-order valence-corrected chi connectivity index (χ4v) is 5.78. The van der Waals surface area contributed by atoms with Crippen LogP contribution in [0.3, 0.4) is 0 Å². The molecule has 0 atom stereocenters. The maximum Gasteiger partial charge on any atom is 0.285 e. The van der Waals surface area contributed by atoms with E-state index in [0.717, 1.165) is 30.4 Å². The molecule has 1 saturated heterocycles. The van der Waals surface area contributed by atoms with Crippen LogP contribution in [0.5, 0.6) is 5.75 Å². The van der Waals surface area contributed by atoms with Gasteiger partial charge in [0.1, 0.15) is 10.6 Å². The third kappa shape index (κ3) is 5.18. The number of aromatic nitrogens is 2. The lowest BCUT2D eigenvalue weighted by Crippen LogP contribution is -2.32. The molecule has 1 aliphatic rings. The maximum atomic E-state index is 13.2. The van der Waals surface area contributed by atoms with Crippen LogP contribution in [0.15, 0.2) is 29.2 Å². The van der Waals surface area contributed by atoms with Crippen molar-refractivity contribution in [1.29, 1.82) is 0 Å². The summed E-state index contributed by atoms with van der Waals surface area (Å²) in [7, 11) is -3.69. The first-order valence-electron chi connectivity index (χ1n) is 10.8. The van der Waals surface area contributed by atoms with Gasteiger partial charge in [0, 0.05) is 13.1 Å². The lowest BCUT2D eigenvalue weighted by atomic mass is 9.87. The molecule has 0 radical (unpaired) electrons. The van der Waals surface area contributed by atoms with Gasteiger partial charge in [0.25, 0.3) is 5.91 Å². The second-order valence-electron chi connectivity index (χ2n) is 9.19. The van der Waals surface area contributed by atoms with Crippen molar-refractivity contribution < 1.29 is 17.9 Å². The highest BCUT2D eigenvalue weighted by atomic mass is 32.2. The summed E-state index contributed by atoms with van der Waals surface area (Å²) < 4.78 is 34.8. The monoisotopic (exact) mass is 447 g/mol. The lowest BCUT2D eigenvalue weighted by molar-refractivity contribution is 0.0817. The fraction of sp³-hybridized carbons (Fsp3) is 0.565. The van der Waals surface area contributed by atoms with Gasteiger partial charge in [-0.2, -0.15) is 9.40 Å². The zero-order chi connectivity index (χ0) is 22.8. The molecule has 0 spiro atoms. The molecule has 0 aliphatic carbocycles. The number of aryl methyl sites for hydroxylation is 1. The summed E-state index contributed by atoms with van der Waals surface area (Å²) in [6.45, 7) is 10.4. The molecule has 0 saturated carbocycles. The Morgan fingerprint density at radius 1 is 1.03 bits per heavy atom. The molecule has 0 amide bonds. The second kappa shape index (κ2) is 9.12. The van der Waals surface area contributed by atoms with Gasteiger partial charge < -0.3 is 4.74 Å². The van der Waals surface area contributed by atoms with E-state index in [0.29, 0.717) is 30.2 Å². The van der Waals surface area contributed by atoms with E-state index in [-0.39, 0.29) is 16.9 Å². The molecule has 2 heterocycles. The van der Waals surface area contributed by atoms with Gasteiger partial charge in [0.15, 0.2) is 6.61 Å². The van der Waals surface area contributed by atoms with E-state index < -0.39 is 15.9 Å². The van der Waals surface area contributed by atoms with Crippen molar-refractivity contribution in [3.05, 3.63) is 41.2 Å². The summed E-state index contributed by atoms with van der Waals surface area (Å²) in [5.41, 5.74) is 1.88. The van der Waals surface area contributed by atoms with Gasteiger partial charge >= 0.3 is 0 Å². The highest BCUT2D eigenvalue weighted by Gasteiger charge is 2.32. The topological polar surface area (TPSA) is 81.5 Å². The van der Waals surface area contributed by atoms with Gasteiger partial charge in [0.05, 0.1) is 11.4 Å². The first-order chi connectivity index (χ1) is 14.5. The Hall–Kier alpha value is -2.19. The highest BCUT2D eigenvalue weighted by Crippen LogP contribution is 2.26. The number of sulfonamides is 1. The molecule has 0 unspecified atom stereocenters. The minimum Gasteiger partial charge on any atom is -0.484 e. The van der Waals surface area contributed by atoms with E-state index in [1.807, 2.05) is 24.3 Å². The van der Waals surface area contributed by atoms with E-state index in [1.54, 1.807) is 13.8 Å². The number of carbonyl (C=O) groups excluding carboxylic acids is 1. The first-order valence-corrected chi connectivity index (χ1v) is 12.3. The fourth-order valence-electron chi connectivity index (χ4n) is 3.91. The first kappa shape index (κ1) is 23.5. The minimum absolute atomic E-state index is 0.0350. The highest BCUT2D eigenvalue weighted by molar-refractivity contribution is 7.89. The molecule has 170 valence electrons. The molecule has 2 aromatic rings. The zero-order valence-corrected chi connectivity index (χ0v) is 20.0. The third-order valence-electron chi connectivity index (χ3n) is 5.71. The van der Waals surface area contributed by atoms with Crippen LogP contribution in [0.4, 0.5) is 0 Å². The predicted octanol–water partition coefficient (Wildman–Crippen LogP) is 4.08. The van der Waals surface area contributed by atoms with E-state index in [4.69, 9.17) is 4.74 Å². The van der Waals surface area contributed by atoms with Gasteiger partial charge in [-0.3, -0.25) is 4.79 Å². The molecule has 7 nitrogen and oxygen atoms in total. The summed E-state index contributed by atoms with van der Waals surface area (Å²) in [5, 5.41) is 4.23. The Kier molecular flexibility index (Phi) is 6.91. The van der Waals surface area contributed by atoms with Gasteiger partial charge in [0.2, 0.25) is 10.0 Å². The quantitative estimate of drug-likeness (QED) is 0.690. The summed E-state index contributed by atoms with van der Waals surface area (Å²) in [6, 6.07) is 7.64. The molecule has 1 aromatic heterocycles. The molecule has 3 rings (SSSR count). The molecule has 1 aromatic carbocycles. The van der Waals surface area contributed by atoms with Crippen molar-refractivity contribution in [3.63, 3.8) is 0 Å². The van der Waals surface area contributed by atoms with Gasteiger partial charge in [-0.1, -0.05) is 45.7 Å². The van der Waals surface area contributed by atoms with Crippen LogP contribution in [0, 0.1) is 13.8 Å². The maximum absolute atomic E-state index is 13.2. The van der Waals surface area contributed by atoms with E-state index in [2.05, 4.69) is 25.9 Å². The molecular weight excluding hydrogens is 414 g/mol. The molecular formula is C23H33N3O4S. The molecule has 1 aliphatic heterocycles. The van der Waals surface area contributed by atoms with Gasteiger partial charge in [-0.05, 0) is 49.8 Å². The predicted molar refractivity (Wildman–Crippen MR) is 120 cm³/mol. The van der Waals surface area contributed by atoms with Crippen LogP contribution < -0.4 is 4.74 Å². The van der Waals surface area contributed by atoms with Crippen molar-refractivity contribution in [2.24, 2.45) is 0 Å². The largest absolute Gasteiger partial charge is 0.484 e. The average molecular weight is 448 g/mol. The number of rotatable bonds is 5. The van der Waals surface area contributed by atoms with Gasteiger partial charge in [-0.15, -0.1) is 0 Å². The van der Waals surface area contributed by atoms with Crippen molar-refractivity contribution >= 4 is 15.9 Å². The Morgan fingerprint density at radius 2 is 1.61 bits per heavy atom. The van der Waals surface area contributed by atoms with E-state index in [9.17, 15) is 13.2 Å². The molecule has 1 fully saturated rings. The average Bonchev–Trinajstić information content (AvgIpc) is 2.88. The Morgan fingerprint density at radius 3 is 2.16 bits per heavy atom. The van der Waals surface area contributed by atoms with Crippen LogP contribution in [0.25, 0.3) is 0 Å². The Balaban J connectivity index is 1.75. The Labute approximate surface area is 185 Å². The van der Waals surface area contributed by atoms with Crippen LogP contribution in [-0.2, 0) is 15.4 Å². The zero-order valence-electron chi connectivity index (χ0n) is 19.1. The minimum atomic E-state index is -3.69. The SMILES string of the molecule is Cc1nn(C(=O)COc2ccc(C(C)(C)C)cc2)c(C)c1S(=O)(=O)N1CCCCCC1. The number of nitrogens with zero attached hydrogens (tertiary/aromatic N) is 3. The molecule has 8 heteroatoms. The molecule has 0 N–H and O–H groups in total. The second-order valence-corrected chi connectivity index (χ2v) is 11.1. The smallest absolute Gasteiger partial charge is 0.285 e. The van der Waals surface area contributed by atoms with Crippen LogP contribution >= 0.6 is 0 Å². The lowest BCUT2D eigenvalue weighted by Gasteiger charge is -2.20. The normalized spacial score (nSPS) is 16.2. The third-order valence-corrected chi connectivity index (χ3v) is 7.86. The number of benzene rings is 1. The standard InChI is InChI=1S/C23H33N3O4S/c1-17-22(31(28,29)25-14-8-6-7-9-15-25)18(2)26(24-17)21(27)16-30-20-12-10-19(11-13-20)23(3,4)5/h10-13H,6-9,14-16H2,1-5H3. The summed E-state index contributed by atoms with van der Waals surface area (Å²) in [4.78, 5) is 12.9. The van der Waals surface area contributed by atoms with E-state index in [1.165, 1.54) is 9.87 Å². The van der Waals surface area contributed by atoms with E-state index >= 15 is 0 Å². The number of carbonyl (C=O) groups is 1. The van der Waals surface area contributed by atoms with Crippen LogP contribution in [0.2, 0.25) is 0 Å². The van der Waals surface area contributed by atoms with Crippen molar-refractivity contribution in [1.82, 2.24) is 14.1 Å².